The molecule has 4 aliphatic carbocycles. The summed E-state index contributed by atoms with van der Waals surface area (Å²) < 4.78 is 0. The zero-order valence-corrected chi connectivity index (χ0v) is 16.9. The SMILES string of the molecule is O=C(N/N=C/c1ccccn1)c1ccc(C(=O)NC23CC4CC(CC(C4)C2)C3)cc1. The predicted octanol–water partition coefficient (Wildman–Crippen LogP) is 3.54. The highest BCUT2D eigenvalue weighted by atomic mass is 16.2. The number of rotatable bonds is 5. The Kier molecular flexibility index (Phi) is 4.85. The van der Waals surface area contributed by atoms with Crippen LogP contribution in [0.25, 0.3) is 0 Å². The summed E-state index contributed by atoms with van der Waals surface area (Å²) in [5.74, 6) is 2.00. The molecule has 6 heteroatoms. The Morgan fingerprint density at radius 3 is 2.07 bits per heavy atom. The number of carbonyl (C=O) groups is 2. The van der Waals surface area contributed by atoms with Crippen molar-refractivity contribution >= 4 is 18.0 Å². The van der Waals surface area contributed by atoms with Crippen molar-refractivity contribution < 1.29 is 9.59 Å². The van der Waals surface area contributed by atoms with Crippen molar-refractivity contribution in [1.29, 1.82) is 0 Å². The highest BCUT2D eigenvalue weighted by Crippen LogP contribution is 2.55. The largest absolute Gasteiger partial charge is 0.347 e. The highest BCUT2D eigenvalue weighted by molar-refractivity contribution is 5.98. The third-order valence-electron chi connectivity index (χ3n) is 6.88. The Labute approximate surface area is 176 Å². The summed E-state index contributed by atoms with van der Waals surface area (Å²) in [7, 11) is 0. The predicted molar refractivity (Wildman–Crippen MR) is 114 cm³/mol. The molecule has 154 valence electrons. The molecule has 0 spiro atoms. The fraction of sp³-hybridized carbons (Fsp3) is 0.417. The van der Waals surface area contributed by atoms with Gasteiger partial charge in [-0.1, -0.05) is 6.07 Å². The van der Waals surface area contributed by atoms with Crippen molar-refractivity contribution in [3.8, 4) is 0 Å². The summed E-state index contributed by atoms with van der Waals surface area (Å²) in [5, 5.41) is 7.30. The Hall–Kier alpha value is -3.02. The van der Waals surface area contributed by atoms with Crippen LogP contribution in [-0.4, -0.2) is 28.6 Å². The number of aromatic nitrogens is 1. The smallest absolute Gasteiger partial charge is 0.271 e. The van der Waals surface area contributed by atoms with E-state index < -0.39 is 0 Å². The van der Waals surface area contributed by atoms with E-state index in [9.17, 15) is 9.59 Å². The minimum Gasteiger partial charge on any atom is -0.347 e. The average Bonchev–Trinajstić information content (AvgIpc) is 2.73. The number of benzene rings is 1. The Bertz CT molecular complexity index is 933. The van der Waals surface area contributed by atoms with Gasteiger partial charge in [-0.25, -0.2) is 5.43 Å². The summed E-state index contributed by atoms with van der Waals surface area (Å²) >= 11 is 0. The molecule has 2 amide bonds. The van der Waals surface area contributed by atoms with E-state index in [0.717, 1.165) is 37.0 Å². The van der Waals surface area contributed by atoms with Crippen molar-refractivity contribution in [2.75, 3.05) is 0 Å². The Morgan fingerprint density at radius 1 is 0.900 bits per heavy atom. The summed E-state index contributed by atoms with van der Waals surface area (Å²) in [6.07, 6.45) is 10.6. The molecular formula is C24H26N4O2. The Morgan fingerprint density at radius 2 is 1.50 bits per heavy atom. The van der Waals surface area contributed by atoms with E-state index in [0.29, 0.717) is 16.8 Å². The van der Waals surface area contributed by atoms with Gasteiger partial charge in [0.15, 0.2) is 0 Å². The second-order valence-electron chi connectivity index (χ2n) is 9.18. The van der Waals surface area contributed by atoms with Gasteiger partial charge in [0.2, 0.25) is 0 Å². The number of nitrogens with one attached hydrogen (secondary N) is 2. The van der Waals surface area contributed by atoms with Crippen LogP contribution in [0.15, 0.2) is 53.8 Å². The van der Waals surface area contributed by atoms with Gasteiger partial charge in [0.1, 0.15) is 0 Å². The zero-order chi connectivity index (χ0) is 20.6. The summed E-state index contributed by atoms with van der Waals surface area (Å²) in [4.78, 5) is 29.3. The van der Waals surface area contributed by atoms with Gasteiger partial charge in [-0.3, -0.25) is 14.6 Å². The van der Waals surface area contributed by atoms with Gasteiger partial charge < -0.3 is 5.32 Å². The van der Waals surface area contributed by atoms with Gasteiger partial charge in [-0.2, -0.15) is 5.10 Å². The van der Waals surface area contributed by atoms with Crippen LogP contribution in [0, 0.1) is 17.8 Å². The van der Waals surface area contributed by atoms with Gasteiger partial charge >= 0.3 is 0 Å². The van der Waals surface area contributed by atoms with Crippen LogP contribution in [0.2, 0.25) is 0 Å². The summed E-state index contributed by atoms with van der Waals surface area (Å²) in [5.41, 5.74) is 4.19. The lowest BCUT2D eigenvalue weighted by Crippen LogP contribution is -2.59. The van der Waals surface area contributed by atoms with Crippen molar-refractivity contribution in [2.45, 2.75) is 44.1 Å². The number of amides is 2. The molecule has 4 bridgehead atoms. The monoisotopic (exact) mass is 402 g/mol. The van der Waals surface area contributed by atoms with Crippen LogP contribution in [0.1, 0.15) is 64.9 Å². The molecule has 0 aliphatic heterocycles. The fourth-order valence-corrected chi connectivity index (χ4v) is 6.02. The van der Waals surface area contributed by atoms with Gasteiger partial charge in [0.25, 0.3) is 11.8 Å². The first-order valence-electron chi connectivity index (χ1n) is 10.8. The van der Waals surface area contributed by atoms with Gasteiger partial charge in [-0.15, -0.1) is 0 Å². The fourth-order valence-electron chi connectivity index (χ4n) is 6.02. The molecule has 1 aromatic heterocycles. The third kappa shape index (κ3) is 3.86. The highest BCUT2D eigenvalue weighted by Gasteiger charge is 2.51. The lowest BCUT2D eigenvalue weighted by molar-refractivity contribution is -0.0167. The van der Waals surface area contributed by atoms with E-state index in [1.807, 2.05) is 12.1 Å². The van der Waals surface area contributed by atoms with E-state index in [4.69, 9.17) is 0 Å². The number of hydrazone groups is 1. The van der Waals surface area contributed by atoms with E-state index >= 15 is 0 Å². The molecule has 0 atom stereocenters. The maximum Gasteiger partial charge on any atom is 0.271 e. The standard InChI is InChI=1S/C24H26N4O2/c29-22(27-24-12-16-9-17(13-24)11-18(10-16)14-24)19-4-6-20(7-5-19)23(30)28-26-15-21-3-1-2-8-25-21/h1-8,15-18H,9-14H2,(H,27,29)(H,28,30)/b26-15+. The minimum atomic E-state index is -0.324. The molecule has 4 fully saturated rings. The number of hydrogen-bond donors (Lipinski definition) is 2. The molecule has 2 N–H and O–H groups in total. The molecule has 0 radical (unpaired) electrons. The van der Waals surface area contributed by atoms with E-state index in [1.165, 1.54) is 25.5 Å². The quantitative estimate of drug-likeness (QED) is 0.593. The number of carbonyl (C=O) groups excluding carboxylic acids is 2. The molecule has 1 aromatic carbocycles. The lowest BCUT2D eigenvalue weighted by atomic mass is 9.53. The van der Waals surface area contributed by atoms with Crippen LogP contribution in [0.4, 0.5) is 0 Å². The van der Waals surface area contributed by atoms with Crippen molar-refractivity contribution in [3.05, 3.63) is 65.5 Å². The molecule has 0 saturated heterocycles. The normalized spacial score (nSPS) is 29.1. The molecular weight excluding hydrogens is 376 g/mol. The number of hydrogen-bond acceptors (Lipinski definition) is 4. The molecule has 4 aliphatic rings. The van der Waals surface area contributed by atoms with Crippen LogP contribution in [-0.2, 0) is 0 Å². The van der Waals surface area contributed by atoms with Crippen molar-refractivity contribution in [3.63, 3.8) is 0 Å². The van der Waals surface area contributed by atoms with E-state index in [-0.39, 0.29) is 17.4 Å². The van der Waals surface area contributed by atoms with Gasteiger partial charge in [0.05, 0.1) is 11.9 Å². The summed E-state index contributed by atoms with van der Waals surface area (Å²) in [6, 6.07) is 12.2. The maximum absolute atomic E-state index is 12.9. The molecule has 6 nitrogen and oxygen atoms in total. The number of nitrogens with zero attached hydrogens (tertiary/aromatic N) is 2. The Balaban J connectivity index is 1.20. The van der Waals surface area contributed by atoms with E-state index in [1.54, 1.807) is 36.5 Å². The van der Waals surface area contributed by atoms with Crippen molar-refractivity contribution in [2.24, 2.45) is 22.9 Å². The van der Waals surface area contributed by atoms with Crippen molar-refractivity contribution in [1.82, 2.24) is 15.7 Å². The van der Waals surface area contributed by atoms with Crippen LogP contribution in [0.3, 0.4) is 0 Å². The second-order valence-corrected chi connectivity index (χ2v) is 9.18. The van der Waals surface area contributed by atoms with Gasteiger partial charge in [0, 0.05) is 22.9 Å². The topological polar surface area (TPSA) is 83.5 Å². The molecule has 30 heavy (non-hydrogen) atoms. The molecule has 6 rings (SSSR count). The first kappa shape index (κ1) is 19.0. The lowest BCUT2D eigenvalue weighted by Gasteiger charge is -2.56. The molecule has 2 aromatic rings. The van der Waals surface area contributed by atoms with Crippen LogP contribution >= 0.6 is 0 Å². The van der Waals surface area contributed by atoms with Gasteiger partial charge in [-0.05, 0) is 92.7 Å². The minimum absolute atomic E-state index is 0.0118. The van der Waals surface area contributed by atoms with Crippen LogP contribution in [0.5, 0.6) is 0 Å². The first-order valence-corrected chi connectivity index (χ1v) is 10.8. The second kappa shape index (κ2) is 7.67. The first-order chi connectivity index (χ1) is 14.6. The zero-order valence-electron chi connectivity index (χ0n) is 16.9. The molecule has 0 unspecified atom stereocenters. The molecule has 4 saturated carbocycles. The number of pyridine rings is 1. The van der Waals surface area contributed by atoms with Crippen LogP contribution < -0.4 is 10.7 Å². The summed E-state index contributed by atoms with van der Waals surface area (Å²) in [6.45, 7) is 0. The van der Waals surface area contributed by atoms with E-state index in [2.05, 4.69) is 20.8 Å². The third-order valence-corrected chi connectivity index (χ3v) is 6.88. The maximum atomic E-state index is 12.9. The molecule has 1 heterocycles. The average molecular weight is 402 g/mol.